The first-order valence-corrected chi connectivity index (χ1v) is 7.14. The Labute approximate surface area is 123 Å². The van der Waals surface area contributed by atoms with Gasteiger partial charge in [-0.3, -0.25) is 9.59 Å². The second-order valence-corrected chi connectivity index (χ2v) is 5.63. The summed E-state index contributed by atoms with van der Waals surface area (Å²) in [7, 11) is 0. The van der Waals surface area contributed by atoms with Gasteiger partial charge in [0.2, 0.25) is 11.8 Å². The van der Waals surface area contributed by atoms with Crippen molar-refractivity contribution in [2.45, 2.75) is 37.9 Å². The van der Waals surface area contributed by atoms with Crippen LogP contribution in [0.5, 0.6) is 0 Å². The monoisotopic (exact) mass is 291 g/mol. The summed E-state index contributed by atoms with van der Waals surface area (Å²) in [5.41, 5.74) is 1.68. The number of ketones is 1. The van der Waals surface area contributed by atoms with Crippen LogP contribution in [0.15, 0.2) is 24.3 Å². The van der Waals surface area contributed by atoms with E-state index in [0.717, 1.165) is 18.4 Å². The Balaban J connectivity index is 2.03. The Bertz CT molecular complexity index is 539. The van der Waals surface area contributed by atoms with Crippen molar-refractivity contribution in [2.75, 3.05) is 4.90 Å². The molecule has 2 amide bonds. The predicted octanol–water partition coefficient (Wildman–Crippen LogP) is 2.16. The summed E-state index contributed by atoms with van der Waals surface area (Å²) in [6.45, 7) is 1.58. The van der Waals surface area contributed by atoms with Crippen molar-refractivity contribution < 1.29 is 14.4 Å². The van der Waals surface area contributed by atoms with Gasteiger partial charge in [0, 0.05) is 12.8 Å². The number of amides is 2. The molecule has 1 aliphatic heterocycles. The number of nitrogens with zero attached hydrogens (tertiary/aromatic N) is 1. The molecule has 1 atom stereocenters. The van der Waals surface area contributed by atoms with Crippen LogP contribution in [-0.4, -0.2) is 22.8 Å². The molecule has 2 rings (SSSR count). The Hall–Kier alpha value is -1.62. The fraction of sp³-hybridized carbons (Fsp3) is 0.400. The lowest BCUT2D eigenvalue weighted by molar-refractivity contribution is -0.121. The van der Waals surface area contributed by atoms with E-state index in [0.29, 0.717) is 12.1 Å². The molecule has 0 radical (unpaired) electrons. The maximum Gasteiger partial charge on any atom is 0.247 e. The van der Waals surface area contributed by atoms with Crippen molar-refractivity contribution in [1.82, 2.24) is 0 Å². The number of Topliss-reactive ketones (excluding diaryl/α,β-unsaturated/α-hetero) is 1. The van der Waals surface area contributed by atoms with Crippen LogP contribution in [0.1, 0.15) is 31.7 Å². The molecule has 1 aliphatic rings. The highest BCUT2D eigenvalue weighted by Crippen LogP contribution is 2.25. The van der Waals surface area contributed by atoms with Crippen LogP contribution >= 0.6 is 12.6 Å². The summed E-state index contributed by atoms with van der Waals surface area (Å²) in [6.07, 6.45) is 2.36. The van der Waals surface area contributed by atoms with Gasteiger partial charge >= 0.3 is 0 Å². The second kappa shape index (κ2) is 6.22. The average Bonchev–Trinajstić information content (AvgIpc) is 2.64. The summed E-state index contributed by atoms with van der Waals surface area (Å²) >= 11 is 4.10. The van der Waals surface area contributed by atoms with Gasteiger partial charge in [-0.25, -0.2) is 4.90 Å². The van der Waals surface area contributed by atoms with E-state index in [9.17, 15) is 14.4 Å². The summed E-state index contributed by atoms with van der Waals surface area (Å²) in [5, 5.41) is -0.530. The third-order valence-corrected chi connectivity index (χ3v) is 3.72. The number of aryl methyl sites for hydroxylation is 1. The molecule has 5 heteroatoms. The van der Waals surface area contributed by atoms with Crippen molar-refractivity contribution in [2.24, 2.45) is 0 Å². The zero-order valence-corrected chi connectivity index (χ0v) is 12.2. The first-order chi connectivity index (χ1) is 9.49. The molecule has 1 saturated heterocycles. The lowest BCUT2D eigenvalue weighted by atomic mass is 10.1. The number of rotatable bonds is 5. The Morgan fingerprint density at radius 1 is 1.30 bits per heavy atom. The number of carbonyl (C=O) groups is 3. The van der Waals surface area contributed by atoms with Gasteiger partial charge in [0.05, 0.1) is 10.9 Å². The van der Waals surface area contributed by atoms with Crippen LogP contribution in [0.2, 0.25) is 0 Å². The van der Waals surface area contributed by atoms with Gasteiger partial charge in [0.1, 0.15) is 5.78 Å². The molecule has 1 fully saturated rings. The fourth-order valence-corrected chi connectivity index (χ4v) is 2.51. The minimum absolute atomic E-state index is 0.155. The number of hydrogen-bond acceptors (Lipinski definition) is 4. The molecule has 0 N–H and O–H groups in total. The average molecular weight is 291 g/mol. The highest BCUT2D eigenvalue weighted by molar-refractivity contribution is 7.82. The molecule has 0 spiro atoms. The normalized spacial score (nSPS) is 18.7. The van der Waals surface area contributed by atoms with Crippen LogP contribution in [-0.2, 0) is 20.8 Å². The highest BCUT2D eigenvalue weighted by Gasteiger charge is 2.37. The summed E-state index contributed by atoms with van der Waals surface area (Å²) in [5.74, 6) is -0.281. The van der Waals surface area contributed by atoms with Crippen molar-refractivity contribution in [3.05, 3.63) is 29.8 Å². The van der Waals surface area contributed by atoms with Gasteiger partial charge in [-0.2, -0.15) is 12.6 Å². The summed E-state index contributed by atoms with van der Waals surface area (Å²) in [6, 6.07) is 7.32. The minimum atomic E-state index is -0.530. The van der Waals surface area contributed by atoms with E-state index < -0.39 is 5.25 Å². The third kappa shape index (κ3) is 3.28. The van der Waals surface area contributed by atoms with E-state index in [1.54, 1.807) is 19.1 Å². The molecule has 1 aromatic rings. The zero-order chi connectivity index (χ0) is 14.7. The van der Waals surface area contributed by atoms with Gasteiger partial charge in [-0.15, -0.1) is 0 Å². The van der Waals surface area contributed by atoms with E-state index in [2.05, 4.69) is 12.6 Å². The van der Waals surface area contributed by atoms with Crippen molar-refractivity contribution in [3.8, 4) is 0 Å². The summed E-state index contributed by atoms with van der Waals surface area (Å²) in [4.78, 5) is 35.7. The number of imide groups is 1. The molecular formula is C15H17NO3S. The number of hydrogen-bond donors (Lipinski definition) is 1. The first kappa shape index (κ1) is 14.8. The number of anilines is 1. The van der Waals surface area contributed by atoms with Crippen molar-refractivity contribution in [1.29, 1.82) is 0 Å². The minimum Gasteiger partial charge on any atom is -0.300 e. The fourth-order valence-electron chi connectivity index (χ4n) is 2.24. The smallest absolute Gasteiger partial charge is 0.247 e. The molecule has 106 valence electrons. The molecule has 1 aromatic carbocycles. The van der Waals surface area contributed by atoms with E-state index in [-0.39, 0.29) is 24.0 Å². The lowest BCUT2D eigenvalue weighted by Crippen LogP contribution is -2.30. The second-order valence-electron chi connectivity index (χ2n) is 5.01. The van der Waals surface area contributed by atoms with Gasteiger partial charge in [0.25, 0.3) is 0 Å². The molecule has 4 nitrogen and oxygen atoms in total. The standard InChI is InChI=1S/C15H17NO3S/c1-10(17)3-2-4-11-5-7-12(8-6-11)16-14(18)9-13(20)15(16)19/h5-8,13,20H,2-4,9H2,1H3. The number of carbonyl (C=O) groups excluding carboxylic acids is 3. The SMILES string of the molecule is CC(=O)CCCc1ccc(N2C(=O)CC(S)C2=O)cc1. The maximum atomic E-state index is 11.8. The first-order valence-electron chi connectivity index (χ1n) is 6.62. The molecule has 0 saturated carbocycles. The topological polar surface area (TPSA) is 54.5 Å². The van der Waals surface area contributed by atoms with E-state index in [1.165, 1.54) is 4.90 Å². The van der Waals surface area contributed by atoms with Crippen LogP contribution < -0.4 is 4.90 Å². The maximum absolute atomic E-state index is 11.8. The van der Waals surface area contributed by atoms with Gasteiger partial charge in [0.15, 0.2) is 0 Å². The van der Waals surface area contributed by atoms with E-state index in [1.807, 2.05) is 12.1 Å². The number of benzene rings is 1. The molecule has 1 heterocycles. The Morgan fingerprint density at radius 2 is 1.95 bits per heavy atom. The molecule has 20 heavy (non-hydrogen) atoms. The largest absolute Gasteiger partial charge is 0.300 e. The highest BCUT2D eigenvalue weighted by atomic mass is 32.1. The summed E-state index contributed by atoms with van der Waals surface area (Å²) < 4.78 is 0. The van der Waals surface area contributed by atoms with Gasteiger partial charge in [-0.1, -0.05) is 12.1 Å². The molecule has 0 aliphatic carbocycles. The lowest BCUT2D eigenvalue weighted by Gasteiger charge is -2.14. The molecule has 0 bridgehead atoms. The molecule has 1 unspecified atom stereocenters. The Morgan fingerprint density at radius 3 is 2.45 bits per heavy atom. The van der Waals surface area contributed by atoms with Crippen LogP contribution in [0.4, 0.5) is 5.69 Å². The predicted molar refractivity (Wildman–Crippen MR) is 79.9 cm³/mol. The van der Waals surface area contributed by atoms with Crippen molar-refractivity contribution in [3.63, 3.8) is 0 Å². The zero-order valence-electron chi connectivity index (χ0n) is 11.3. The van der Waals surface area contributed by atoms with Crippen LogP contribution in [0.3, 0.4) is 0 Å². The van der Waals surface area contributed by atoms with Crippen molar-refractivity contribution >= 4 is 35.9 Å². The third-order valence-electron chi connectivity index (χ3n) is 3.31. The van der Waals surface area contributed by atoms with Crippen LogP contribution in [0.25, 0.3) is 0 Å². The van der Waals surface area contributed by atoms with E-state index >= 15 is 0 Å². The van der Waals surface area contributed by atoms with E-state index in [4.69, 9.17) is 0 Å². The molecule has 0 aromatic heterocycles. The van der Waals surface area contributed by atoms with Gasteiger partial charge in [-0.05, 0) is 37.5 Å². The van der Waals surface area contributed by atoms with Gasteiger partial charge < -0.3 is 4.79 Å². The Kier molecular flexibility index (Phi) is 4.60. The van der Waals surface area contributed by atoms with Crippen LogP contribution in [0, 0.1) is 0 Å². The quantitative estimate of drug-likeness (QED) is 0.668. The molecular weight excluding hydrogens is 274 g/mol. The number of thiol groups is 1.